The van der Waals surface area contributed by atoms with Crippen LogP contribution in [0.3, 0.4) is 0 Å². The van der Waals surface area contributed by atoms with Crippen LogP contribution in [0, 0.1) is 6.92 Å². The largest absolute Gasteiger partial charge is 0.493 e. The molecule has 1 aromatic carbocycles. The van der Waals surface area contributed by atoms with E-state index in [-0.39, 0.29) is 22.8 Å². The van der Waals surface area contributed by atoms with E-state index in [0.29, 0.717) is 23.0 Å². The second-order valence-corrected chi connectivity index (χ2v) is 5.35. The van der Waals surface area contributed by atoms with Gasteiger partial charge in [0.1, 0.15) is 23.7 Å². The number of methoxy groups -OCH3 is 3. The lowest BCUT2D eigenvalue weighted by atomic mass is 10.2. The summed E-state index contributed by atoms with van der Waals surface area (Å²) >= 11 is 6.07. The molecule has 134 valence electrons. The molecule has 2 aromatic rings. The van der Waals surface area contributed by atoms with Gasteiger partial charge < -0.3 is 23.4 Å². The van der Waals surface area contributed by atoms with Crippen LogP contribution < -0.4 is 9.47 Å². The van der Waals surface area contributed by atoms with Crippen LogP contribution in [0.5, 0.6) is 11.5 Å². The molecule has 0 spiro atoms. The lowest BCUT2D eigenvalue weighted by molar-refractivity contribution is 0.0443. The molecular weight excluding hydrogens is 352 g/mol. The molecule has 0 unspecified atom stereocenters. The third kappa shape index (κ3) is 4.06. The first-order valence-corrected chi connectivity index (χ1v) is 7.55. The molecule has 0 aliphatic rings. The normalized spacial score (nSPS) is 10.3. The number of benzene rings is 1. The van der Waals surface area contributed by atoms with Crippen LogP contribution in [-0.2, 0) is 16.1 Å². The molecule has 8 heteroatoms. The molecule has 2 rings (SSSR count). The molecule has 0 aliphatic heterocycles. The zero-order valence-electron chi connectivity index (χ0n) is 14.2. The van der Waals surface area contributed by atoms with Crippen LogP contribution in [0.15, 0.2) is 22.6 Å². The number of rotatable bonds is 6. The molecule has 0 saturated carbocycles. The molecule has 0 atom stereocenters. The number of ether oxygens (including phenoxy) is 4. The monoisotopic (exact) mass is 368 g/mol. The minimum Gasteiger partial charge on any atom is -0.493 e. The minimum absolute atomic E-state index is 0.150. The fourth-order valence-corrected chi connectivity index (χ4v) is 2.47. The Morgan fingerprint density at radius 1 is 1.08 bits per heavy atom. The Balaban J connectivity index is 2.13. The van der Waals surface area contributed by atoms with Crippen LogP contribution in [0.4, 0.5) is 0 Å². The number of carbonyl (C=O) groups is 2. The van der Waals surface area contributed by atoms with Gasteiger partial charge in [-0.15, -0.1) is 0 Å². The standard InChI is InChI=1S/C17H17ClO7/c1-9-12(17(20)23-4)7-11(25-9)8-24-16(19)10-5-13(18)15(22-3)14(6-10)21-2/h5-7H,8H2,1-4H3. The molecule has 0 aliphatic carbocycles. The maximum atomic E-state index is 12.2. The van der Waals surface area contributed by atoms with Gasteiger partial charge in [-0.25, -0.2) is 9.59 Å². The van der Waals surface area contributed by atoms with Crippen molar-refractivity contribution in [1.82, 2.24) is 0 Å². The first kappa shape index (κ1) is 18.7. The number of hydrogen-bond acceptors (Lipinski definition) is 7. The van der Waals surface area contributed by atoms with Gasteiger partial charge in [-0.1, -0.05) is 11.6 Å². The molecule has 25 heavy (non-hydrogen) atoms. The highest BCUT2D eigenvalue weighted by atomic mass is 35.5. The van der Waals surface area contributed by atoms with Crippen molar-refractivity contribution in [3.8, 4) is 11.5 Å². The summed E-state index contributed by atoms with van der Waals surface area (Å²) in [6.07, 6.45) is 0. The van der Waals surface area contributed by atoms with E-state index in [4.69, 9.17) is 30.2 Å². The van der Waals surface area contributed by atoms with Crippen molar-refractivity contribution in [1.29, 1.82) is 0 Å². The molecule has 0 amide bonds. The second kappa shape index (κ2) is 7.94. The Morgan fingerprint density at radius 3 is 2.40 bits per heavy atom. The first-order valence-electron chi connectivity index (χ1n) is 7.17. The summed E-state index contributed by atoms with van der Waals surface area (Å²) < 4.78 is 25.5. The summed E-state index contributed by atoms with van der Waals surface area (Å²) in [7, 11) is 4.15. The maximum Gasteiger partial charge on any atom is 0.341 e. The summed E-state index contributed by atoms with van der Waals surface area (Å²) in [5.41, 5.74) is 0.474. The third-order valence-electron chi connectivity index (χ3n) is 3.39. The quantitative estimate of drug-likeness (QED) is 0.722. The highest BCUT2D eigenvalue weighted by Crippen LogP contribution is 2.36. The number of esters is 2. The molecule has 0 radical (unpaired) electrons. The van der Waals surface area contributed by atoms with Crippen molar-refractivity contribution in [2.45, 2.75) is 13.5 Å². The van der Waals surface area contributed by atoms with Crippen molar-refractivity contribution in [3.05, 3.63) is 45.9 Å². The lowest BCUT2D eigenvalue weighted by Crippen LogP contribution is -2.06. The summed E-state index contributed by atoms with van der Waals surface area (Å²) in [6.45, 7) is 1.47. The Hall–Kier alpha value is -2.67. The van der Waals surface area contributed by atoms with Crippen molar-refractivity contribution >= 4 is 23.5 Å². The van der Waals surface area contributed by atoms with Gasteiger partial charge in [0.25, 0.3) is 0 Å². The first-order chi connectivity index (χ1) is 11.9. The predicted molar refractivity (Wildman–Crippen MR) is 88.5 cm³/mol. The van der Waals surface area contributed by atoms with Gasteiger partial charge in [-0.2, -0.15) is 0 Å². The fourth-order valence-electron chi connectivity index (χ4n) is 2.18. The van der Waals surface area contributed by atoms with Gasteiger partial charge in [0.05, 0.1) is 31.9 Å². The molecule has 0 fully saturated rings. The number of halogens is 1. The van der Waals surface area contributed by atoms with Crippen LogP contribution in [0.2, 0.25) is 5.02 Å². The second-order valence-electron chi connectivity index (χ2n) is 4.94. The number of furan rings is 1. The zero-order chi connectivity index (χ0) is 18.6. The van der Waals surface area contributed by atoms with E-state index in [1.807, 2.05) is 0 Å². The Kier molecular flexibility index (Phi) is 5.93. The van der Waals surface area contributed by atoms with Crippen molar-refractivity contribution in [2.24, 2.45) is 0 Å². The summed E-state index contributed by atoms with van der Waals surface area (Å²) in [4.78, 5) is 23.8. The molecule has 1 aromatic heterocycles. The van der Waals surface area contributed by atoms with Crippen LogP contribution >= 0.6 is 11.6 Å². The van der Waals surface area contributed by atoms with E-state index < -0.39 is 11.9 Å². The smallest absolute Gasteiger partial charge is 0.341 e. The lowest BCUT2D eigenvalue weighted by Gasteiger charge is -2.11. The number of hydrogen-bond donors (Lipinski definition) is 0. The Morgan fingerprint density at radius 2 is 1.80 bits per heavy atom. The van der Waals surface area contributed by atoms with Crippen LogP contribution in [0.25, 0.3) is 0 Å². The highest BCUT2D eigenvalue weighted by molar-refractivity contribution is 6.32. The summed E-state index contributed by atoms with van der Waals surface area (Å²) in [6, 6.07) is 4.34. The average molecular weight is 369 g/mol. The van der Waals surface area contributed by atoms with Gasteiger partial charge in [0.2, 0.25) is 0 Å². The molecule has 7 nitrogen and oxygen atoms in total. The van der Waals surface area contributed by atoms with Crippen molar-refractivity contribution in [2.75, 3.05) is 21.3 Å². The molecule has 1 heterocycles. The highest BCUT2D eigenvalue weighted by Gasteiger charge is 2.19. The van der Waals surface area contributed by atoms with Crippen LogP contribution in [-0.4, -0.2) is 33.3 Å². The van der Waals surface area contributed by atoms with E-state index in [1.165, 1.54) is 39.5 Å². The van der Waals surface area contributed by atoms with E-state index in [9.17, 15) is 9.59 Å². The van der Waals surface area contributed by atoms with Gasteiger partial charge in [-0.05, 0) is 25.1 Å². The molecular formula is C17H17ClO7. The molecule has 0 N–H and O–H groups in total. The van der Waals surface area contributed by atoms with Crippen molar-refractivity contribution in [3.63, 3.8) is 0 Å². The fraction of sp³-hybridized carbons (Fsp3) is 0.294. The van der Waals surface area contributed by atoms with E-state index in [0.717, 1.165) is 0 Å². The van der Waals surface area contributed by atoms with Crippen LogP contribution in [0.1, 0.15) is 32.2 Å². The van der Waals surface area contributed by atoms with Gasteiger partial charge in [0, 0.05) is 0 Å². The molecule has 0 bridgehead atoms. The zero-order valence-corrected chi connectivity index (χ0v) is 14.9. The number of aryl methyl sites for hydroxylation is 1. The SMILES string of the molecule is COC(=O)c1cc(COC(=O)c2cc(Cl)c(OC)c(OC)c2)oc1C. The number of carbonyl (C=O) groups excluding carboxylic acids is 2. The van der Waals surface area contributed by atoms with Crippen molar-refractivity contribution < 1.29 is 33.0 Å². The third-order valence-corrected chi connectivity index (χ3v) is 3.67. The van der Waals surface area contributed by atoms with Gasteiger partial charge >= 0.3 is 11.9 Å². The molecule has 0 saturated heterocycles. The predicted octanol–water partition coefficient (Wildman–Crippen LogP) is 3.40. The van der Waals surface area contributed by atoms with E-state index >= 15 is 0 Å². The van der Waals surface area contributed by atoms with E-state index in [2.05, 4.69) is 4.74 Å². The Labute approximate surface area is 149 Å². The average Bonchev–Trinajstić information content (AvgIpc) is 2.98. The Bertz CT molecular complexity index is 795. The maximum absolute atomic E-state index is 12.2. The summed E-state index contributed by atoms with van der Waals surface area (Å²) in [5.74, 6) is 0.181. The topological polar surface area (TPSA) is 84.2 Å². The van der Waals surface area contributed by atoms with Gasteiger partial charge in [-0.3, -0.25) is 0 Å². The summed E-state index contributed by atoms with van der Waals surface area (Å²) in [5, 5.41) is 0.218. The van der Waals surface area contributed by atoms with E-state index in [1.54, 1.807) is 6.92 Å². The van der Waals surface area contributed by atoms with Gasteiger partial charge in [0.15, 0.2) is 11.5 Å². The minimum atomic E-state index is -0.628.